The molecule has 0 atom stereocenters. The average Bonchev–Trinajstić information content (AvgIpc) is 3.21. The van der Waals surface area contributed by atoms with Gasteiger partial charge in [-0.05, 0) is 55.3 Å². The summed E-state index contributed by atoms with van der Waals surface area (Å²) >= 11 is 0. The number of nitrogens with one attached hydrogen (secondary N) is 2. The molecule has 4 aromatic rings. The van der Waals surface area contributed by atoms with E-state index in [-0.39, 0.29) is 0 Å². The summed E-state index contributed by atoms with van der Waals surface area (Å²) in [4.78, 5) is 10.5. The zero-order valence-electron chi connectivity index (χ0n) is 21.9. The highest BCUT2D eigenvalue weighted by atomic mass is 16.5. The zero-order valence-corrected chi connectivity index (χ0v) is 21.9. The third-order valence-electron chi connectivity index (χ3n) is 6.83. The van der Waals surface area contributed by atoms with Crippen LogP contribution in [0.25, 0.3) is 10.9 Å². The molecule has 2 N–H and O–H groups in total. The van der Waals surface area contributed by atoms with Gasteiger partial charge in [-0.2, -0.15) is 4.98 Å². The van der Waals surface area contributed by atoms with E-state index in [0.29, 0.717) is 37.2 Å². The topological polar surface area (TPSA) is 80.9 Å². The lowest BCUT2D eigenvalue weighted by Gasteiger charge is -2.29. The molecule has 2 aromatic heterocycles. The maximum absolute atomic E-state index is 6.16. The molecule has 1 saturated heterocycles. The highest BCUT2D eigenvalue weighted by molar-refractivity contribution is 5.88. The Hall–Kier alpha value is -3.91. The first-order valence-electron chi connectivity index (χ1n) is 12.6. The number of morpholine rings is 1. The number of methoxy groups -OCH3 is 2. The third kappa shape index (κ3) is 5.59. The number of pyridine rings is 1. The van der Waals surface area contributed by atoms with E-state index < -0.39 is 0 Å². The first-order valence-corrected chi connectivity index (χ1v) is 12.6. The Morgan fingerprint density at radius 3 is 2.57 bits per heavy atom. The van der Waals surface area contributed by atoms with E-state index in [1.165, 1.54) is 16.6 Å². The van der Waals surface area contributed by atoms with Gasteiger partial charge in [-0.15, -0.1) is 0 Å². The van der Waals surface area contributed by atoms with Crippen molar-refractivity contribution < 1.29 is 18.9 Å². The number of nitrogens with zero attached hydrogens (tertiary/aromatic N) is 2. The molecule has 0 bridgehead atoms. The fourth-order valence-corrected chi connectivity index (χ4v) is 4.63. The van der Waals surface area contributed by atoms with E-state index in [4.69, 9.17) is 23.9 Å². The van der Waals surface area contributed by atoms with Crippen LogP contribution in [-0.4, -0.2) is 57.1 Å². The lowest BCUT2D eigenvalue weighted by atomic mass is 10.1. The van der Waals surface area contributed by atoms with Crippen LogP contribution in [0.5, 0.6) is 17.4 Å². The van der Waals surface area contributed by atoms with Gasteiger partial charge < -0.3 is 34.1 Å². The van der Waals surface area contributed by atoms with Gasteiger partial charge in [0.25, 0.3) is 0 Å². The predicted octanol–water partition coefficient (Wildman–Crippen LogP) is 5.40. The number of H-pyrrole nitrogens is 1. The predicted molar refractivity (Wildman–Crippen MR) is 147 cm³/mol. The molecule has 0 spiro atoms. The minimum atomic E-state index is 0.488. The molecule has 37 heavy (non-hydrogen) atoms. The highest BCUT2D eigenvalue weighted by Gasteiger charge is 2.15. The first kappa shape index (κ1) is 24.8. The van der Waals surface area contributed by atoms with Gasteiger partial charge in [0.05, 0.1) is 34.0 Å². The van der Waals surface area contributed by atoms with Crippen molar-refractivity contribution in [2.75, 3.05) is 57.3 Å². The lowest BCUT2D eigenvalue weighted by molar-refractivity contribution is 0.122. The van der Waals surface area contributed by atoms with Crippen molar-refractivity contribution in [2.45, 2.75) is 20.3 Å². The van der Waals surface area contributed by atoms with Crippen LogP contribution < -0.4 is 24.4 Å². The number of benzene rings is 2. The fourth-order valence-electron chi connectivity index (χ4n) is 4.63. The van der Waals surface area contributed by atoms with Crippen molar-refractivity contribution in [1.29, 1.82) is 0 Å². The second-order valence-corrected chi connectivity index (χ2v) is 9.20. The minimum Gasteiger partial charge on any atom is -0.493 e. The largest absolute Gasteiger partial charge is 0.493 e. The quantitative estimate of drug-likeness (QED) is 0.317. The average molecular weight is 503 g/mol. The molecule has 0 aliphatic carbocycles. The van der Waals surface area contributed by atoms with E-state index in [0.717, 1.165) is 47.8 Å². The molecule has 2 aromatic carbocycles. The number of hydrogen-bond acceptors (Lipinski definition) is 7. The summed E-state index contributed by atoms with van der Waals surface area (Å²) in [5.41, 5.74) is 6.73. The van der Waals surface area contributed by atoms with Crippen molar-refractivity contribution in [1.82, 2.24) is 9.97 Å². The minimum absolute atomic E-state index is 0.488. The van der Waals surface area contributed by atoms with Crippen molar-refractivity contribution in [3.8, 4) is 17.4 Å². The Morgan fingerprint density at radius 1 is 0.973 bits per heavy atom. The normalized spacial score (nSPS) is 13.6. The van der Waals surface area contributed by atoms with Crippen LogP contribution in [0.3, 0.4) is 0 Å². The fraction of sp³-hybridized carbons (Fsp3) is 0.345. The maximum atomic E-state index is 6.16. The number of hydrogen-bond donors (Lipinski definition) is 2. The summed E-state index contributed by atoms with van der Waals surface area (Å²) in [5, 5.41) is 4.70. The van der Waals surface area contributed by atoms with E-state index in [9.17, 15) is 0 Å². The van der Waals surface area contributed by atoms with Gasteiger partial charge in [-0.25, -0.2) is 0 Å². The number of aromatic amines is 1. The molecule has 1 aliphatic heterocycles. The van der Waals surface area contributed by atoms with Gasteiger partial charge in [0, 0.05) is 59.6 Å². The highest BCUT2D eigenvalue weighted by Crippen LogP contribution is 2.30. The summed E-state index contributed by atoms with van der Waals surface area (Å²) in [6.07, 6.45) is 0.718. The van der Waals surface area contributed by atoms with Crippen molar-refractivity contribution in [2.24, 2.45) is 0 Å². The number of ether oxygens (including phenoxy) is 4. The Kier molecular flexibility index (Phi) is 7.37. The molecule has 0 radical (unpaired) electrons. The van der Waals surface area contributed by atoms with Gasteiger partial charge in [0.1, 0.15) is 5.82 Å². The Labute approximate surface area is 217 Å². The number of fused-ring (bicyclic) bond motifs is 1. The molecule has 8 nitrogen and oxygen atoms in total. The van der Waals surface area contributed by atoms with Gasteiger partial charge in [0.2, 0.25) is 5.88 Å². The zero-order chi connectivity index (χ0) is 25.8. The Bertz CT molecular complexity index is 1380. The van der Waals surface area contributed by atoms with E-state index in [1.54, 1.807) is 14.2 Å². The molecule has 0 amide bonds. The molecule has 0 unspecified atom stereocenters. The molecule has 1 fully saturated rings. The van der Waals surface area contributed by atoms with E-state index in [1.807, 2.05) is 24.3 Å². The molecular weight excluding hydrogens is 468 g/mol. The molecule has 5 rings (SSSR count). The van der Waals surface area contributed by atoms with Crippen molar-refractivity contribution in [3.05, 3.63) is 65.4 Å². The lowest BCUT2D eigenvalue weighted by Crippen LogP contribution is -2.36. The van der Waals surface area contributed by atoms with Crippen LogP contribution >= 0.6 is 0 Å². The smallest absolute Gasteiger partial charge is 0.217 e. The van der Waals surface area contributed by atoms with Crippen LogP contribution in [-0.2, 0) is 11.2 Å². The molecular formula is C29H34N4O4. The summed E-state index contributed by atoms with van der Waals surface area (Å²) in [7, 11) is 3.28. The standard InChI is InChI=1S/C29H34N4O4/c1-19-20(2)30-25-7-6-22(16-24(19)25)31-28-17-23(33-10-13-36-14-11-33)18-29(32-28)37-12-9-21-5-8-26(34-3)27(15-21)35-4/h5-8,15-18,30H,9-14H2,1-4H3,(H,31,32). The van der Waals surface area contributed by atoms with Crippen LogP contribution in [0.2, 0.25) is 0 Å². The van der Waals surface area contributed by atoms with Crippen LogP contribution in [0.1, 0.15) is 16.8 Å². The van der Waals surface area contributed by atoms with Crippen molar-refractivity contribution >= 4 is 28.1 Å². The monoisotopic (exact) mass is 502 g/mol. The third-order valence-corrected chi connectivity index (χ3v) is 6.83. The SMILES string of the molecule is COc1ccc(CCOc2cc(N3CCOCC3)cc(Nc3ccc4[nH]c(C)c(C)c4c3)n2)cc1OC. The second-order valence-electron chi connectivity index (χ2n) is 9.20. The number of rotatable bonds is 9. The maximum Gasteiger partial charge on any atom is 0.217 e. The second kappa shape index (κ2) is 11.0. The molecule has 194 valence electrons. The van der Waals surface area contributed by atoms with Crippen LogP contribution in [0.15, 0.2) is 48.5 Å². The van der Waals surface area contributed by atoms with Crippen LogP contribution in [0.4, 0.5) is 17.2 Å². The van der Waals surface area contributed by atoms with Crippen LogP contribution in [0, 0.1) is 13.8 Å². The first-order chi connectivity index (χ1) is 18.0. The summed E-state index contributed by atoms with van der Waals surface area (Å²) in [5.74, 6) is 2.76. The van der Waals surface area contributed by atoms with E-state index in [2.05, 4.69) is 53.3 Å². The number of aryl methyl sites for hydroxylation is 2. The Balaban J connectivity index is 1.36. The molecule has 8 heteroatoms. The van der Waals surface area contributed by atoms with Crippen molar-refractivity contribution in [3.63, 3.8) is 0 Å². The van der Waals surface area contributed by atoms with E-state index >= 15 is 0 Å². The molecule has 3 heterocycles. The van der Waals surface area contributed by atoms with Gasteiger partial charge >= 0.3 is 0 Å². The number of anilines is 3. The van der Waals surface area contributed by atoms with Gasteiger partial charge in [-0.3, -0.25) is 0 Å². The Morgan fingerprint density at radius 2 is 1.78 bits per heavy atom. The number of aromatic nitrogens is 2. The summed E-state index contributed by atoms with van der Waals surface area (Å²) < 4.78 is 22.5. The van der Waals surface area contributed by atoms with Gasteiger partial charge in [-0.1, -0.05) is 6.07 Å². The molecule has 0 saturated carbocycles. The molecule has 1 aliphatic rings. The van der Waals surface area contributed by atoms with Gasteiger partial charge in [0.15, 0.2) is 11.5 Å². The summed E-state index contributed by atoms with van der Waals surface area (Å²) in [6.45, 7) is 7.82. The summed E-state index contributed by atoms with van der Waals surface area (Å²) in [6, 6.07) is 16.3.